The predicted octanol–water partition coefficient (Wildman–Crippen LogP) is 1.77. The maximum absolute atomic E-state index is 12.2. The van der Waals surface area contributed by atoms with E-state index in [1.165, 1.54) is 18.2 Å². The Labute approximate surface area is 118 Å². The normalized spacial score (nSPS) is 21.5. The number of benzene rings is 1. The van der Waals surface area contributed by atoms with E-state index in [0.29, 0.717) is 12.3 Å². The molecule has 1 fully saturated rings. The Balaban J connectivity index is 2.15. The van der Waals surface area contributed by atoms with Crippen LogP contribution < -0.4 is 10.5 Å². The topological polar surface area (TPSA) is 81.4 Å². The number of anilines is 1. The quantitative estimate of drug-likeness (QED) is 0.831. The van der Waals surface area contributed by atoms with Crippen molar-refractivity contribution in [1.82, 2.24) is 4.72 Å². The largest absolute Gasteiger partial charge is 0.398 e. The van der Waals surface area contributed by atoms with E-state index < -0.39 is 10.0 Å². The second-order valence-corrected chi connectivity index (χ2v) is 6.77. The Bertz CT molecular complexity index is 556. The summed E-state index contributed by atoms with van der Waals surface area (Å²) >= 11 is 5.84. The van der Waals surface area contributed by atoms with Gasteiger partial charge in [0.2, 0.25) is 10.0 Å². The second-order valence-electron chi connectivity index (χ2n) is 4.64. The summed E-state index contributed by atoms with van der Waals surface area (Å²) in [5.74, 6) is 0. The molecule has 0 aromatic heterocycles. The van der Waals surface area contributed by atoms with Gasteiger partial charge in [0, 0.05) is 12.6 Å². The van der Waals surface area contributed by atoms with Gasteiger partial charge >= 0.3 is 0 Å². The number of halogens is 1. The van der Waals surface area contributed by atoms with Crippen LogP contribution in [0, 0.1) is 0 Å². The average molecular weight is 305 g/mol. The third-order valence-electron chi connectivity index (χ3n) is 3.15. The van der Waals surface area contributed by atoms with Gasteiger partial charge < -0.3 is 10.5 Å². The number of nitrogens with one attached hydrogen (secondary N) is 1. The molecular weight excluding hydrogens is 288 g/mol. The summed E-state index contributed by atoms with van der Waals surface area (Å²) in [7, 11) is -3.61. The Hall–Kier alpha value is -0.820. The Morgan fingerprint density at radius 2 is 2.26 bits per heavy atom. The number of rotatable bonds is 4. The van der Waals surface area contributed by atoms with Crippen LogP contribution in [-0.2, 0) is 14.8 Å². The van der Waals surface area contributed by atoms with Gasteiger partial charge in [0.15, 0.2) is 0 Å². The van der Waals surface area contributed by atoms with Gasteiger partial charge in [-0.2, -0.15) is 0 Å². The molecule has 0 aliphatic carbocycles. The summed E-state index contributed by atoms with van der Waals surface area (Å²) in [6.45, 7) is 2.48. The lowest BCUT2D eigenvalue weighted by molar-refractivity contribution is 0.0902. The van der Waals surface area contributed by atoms with Crippen LogP contribution in [0.2, 0.25) is 5.02 Å². The zero-order chi connectivity index (χ0) is 14.0. The van der Waals surface area contributed by atoms with Crippen molar-refractivity contribution in [1.29, 1.82) is 0 Å². The highest BCUT2D eigenvalue weighted by molar-refractivity contribution is 7.89. The molecule has 106 valence electrons. The SMILES string of the molecule is CC(NS(=O)(=O)c1ccc(N)c(Cl)c1)C1CCCO1. The standard InChI is InChI=1S/C12H17ClN2O3S/c1-8(12-3-2-6-18-12)15-19(16,17)9-4-5-11(14)10(13)7-9/h4-5,7-8,12,15H,2-3,6,14H2,1H3. The van der Waals surface area contributed by atoms with E-state index in [4.69, 9.17) is 22.1 Å². The van der Waals surface area contributed by atoms with Crippen molar-refractivity contribution in [2.24, 2.45) is 0 Å². The molecule has 1 aliphatic rings. The third-order valence-corrected chi connectivity index (χ3v) is 5.03. The van der Waals surface area contributed by atoms with E-state index in [2.05, 4.69) is 4.72 Å². The molecule has 1 aromatic carbocycles. The van der Waals surface area contributed by atoms with Crippen molar-refractivity contribution >= 4 is 27.3 Å². The van der Waals surface area contributed by atoms with Gasteiger partial charge in [-0.05, 0) is 38.0 Å². The van der Waals surface area contributed by atoms with Gasteiger partial charge in [-0.15, -0.1) is 0 Å². The van der Waals surface area contributed by atoms with E-state index >= 15 is 0 Å². The van der Waals surface area contributed by atoms with Crippen LogP contribution in [0.3, 0.4) is 0 Å². The van der Waals surface area contributed by atoms with Crippen molar-refractivity contribution in [3.63, 3.8) is 0 Å². The summed E-state index contributed by atoms with van der Waals surface area (Å²) < 4.78 is 32.5. The first-order valence-electron chi connectivity index (χ1n) is 6.09. The molecule has 0 saturated carbocycles. The highest BCUT2D eigenvalue weighted by Crippen LogP contribution is 2.23. The van der Waals surface area contributed by atoms with Gasteiger partial charge in [-0.25, -0.2) is 13.1 Å². The molecule has 19 heavy (non-hydrogen) atoms. The zero-order valence-corrected chi connectivity index (χ0v) is 12.2. The Morgan fingerprint density at radius 1 is 1.53 bits per heavy atom. The van der Waals surface area contributed by atoms with Crippen LogP contribution in [0.5, 0.6) is 0 Å². The molecule has 1 aliphatic heterocycles. The van der Waals surface area contributed by atoms with Gasteiger partial charge in [-0.1, -0.05) is 11.6 Å². The maximum atomic E-state index is 12.2. The first-order valence-corrected chi connectivity index (χ1v) is 7.95. The smallest absolute Gasteiger partial charge is 0.240 e. The minimum atomic E-state index is -3.61. The third kappa shape index (κ3) is 3.39. The monoisotopic (exact) mass is 304 g/mol. The van der Waals surface area contributed by atoms with Crippen LogP contribution in [0.4, 0.5) is 5.69 Å². The number of hydrogen-bond donors (Lipinski definition) is 2. The molecule has 0 bridgehead atoms. The number of sulfonamides is 1. The summed E-state index contributed by atoms with van der Waals surface area (Å²) in [4.78, 5) is 0.108. The lowest BCUT2D eigenvalue weighted by Gasteiger charge is -2.20. The van der Waals surface area contributed by atoms with E-state index in [9.17, 15) is 8.42 Å². The molecule has 0 radical (unpaired) electrons. The van der Waals surface area contributed by atoms with Gasteiger partial charge in [0.1, 0.15) is 0 Å². The number of ether oxygens (including phenoxy) is 1. The van der Waals surface area contributed by atoms with Crippen molar-refractivity contribution in [3.8, 4) is 0 Å². The predicted molar refractivity (Wildman–Crippen MR) is 74.6 cm³/mol. The molecule has 0 spiro atoms. The van der Waals surface area contributed by atoms with E-state index in [-0.39, 0.29) is 22.1 Å². The van der Waals surface area contributed by atoms with Crippen molar-refractivity contribution in [3.05, 3.63) is 23.2 Å². The fraction of sp³-hybridized carbons (Fsp3) is 0.500. The summed E-state index contributed by atoms with van der Waals surface area (Å²) in [6.07, 6.45) is 1.76. The van der Waals surface area contributed by atoms with Crippen LogP contribution in [0.15, 0.2) is 23.1 Å². The first kappa shape index (κ1) is 14.6. The maximum Gasteiger partial charge on any atom is 0.240 e. The number of nitrogen functional groups attached to an aromatic ring is 1. The molecule has 5 nitrogen and oxygen atoms in total. The first-order chi connectivity index (χ1) is 8.90. The average Bonchev–Trinajstić information content (AvgIpc) is 2.85. The van der Waals surface area contributed by atoms with Gasteiger partial charge in [-0.3, -0.25) is 0 Å². The molecule has 1 saturated heterocycles. The number of hydrogen-bond acceptors (Lipinski definition) is 4. The van der Waals surface area contributed by atoms with Crippen LogP contribution >= 0.6 is 11.6 Å². The Kier molecular flexibility index (Phi) is 4.35. The number of nitrogens with two attached hydrogens (primary N) is 1. The molecule has 1 aromatic rings. The molecule has 3 N–H and O–H groups in total. The minimum Gasteiger partial charge on any atom is -0.398 e. The van der Waals surface area contributed by atoms with Crippen LogP contribution in [-0.4, -0.2) is 27.2 Å². The van der Waals surface area contributed by atoms with Gasteiger partial charge in [0.25, 0.3) is 0 Å². The summed E-state index contributed by atoms with van der Waals surface area (Å²) in [6, 6.07) is 3.99. The van der Waals surface area contributed by atoms with E-state index in [1.54, 1.807) is 6.92 Å². The Morgan fingerprint density at radius 3 is 2.84 bits per heavy atom. The van der Waals surface area contributed by atoms with Crippen molar-refractivity contribution < 1.29 is 13.2 Å². The molecule has 7 heteroatoms. The van der Waals surface area contributed by atoms with Crippen molar-refractivity contribution in [2.75, 3.05) is 12.3 Å². The summed E-state index contributed by atoms with van der Waals surface area (Å²) in [5.41, 5.74) is 5.92. The lowest BCUT2D eigenvalue weighted by atomic mass is 10.1. The van der Waals surface area contributed by atoms with Gasteiger partial charge in [0.05, 0.1) is 21.7 Å². The van der Waals surface area contributed by atoms with E-state index in [1.807, 2.05) is 0 Å². The van der Waals surface area contributed by atoms with Crippen LogP contribution in [0.25, 0.3) is 0 Å². The lowest BCUT2D eigenvalue weighted by Crippen LogP contribution is -2.40. The molecule has 2 atom stereocenters. The minimum absolute atomic E-state index is 0.0703. The molecule has 1 heterocycles. The van der Waals surface area contributed by atoms with Crippen LogP contribution in [0.1, 0.15) is 19.8 Å². The zero-order valence-electron chi connectivity index (χ0n) is 10.6. The fourth-order valence-corrected chi connectivity index (χ4v) is 3.60. The highest BCUT2D eigenvalue weighted by Gasteiger charge is 2.27. The molecule has 2 rings (SSSR count). The highest BCUT2D eigenvalue weighted by atomic mass is 35.5. The molecular formula is C12H17ClN2O3S. The summed E-state index contributed by atoms with van der Waals surface area (Å²) in [5, 5.41) is 0.229. The molecule has 2 unspecified atom stereocenters. The molecule has 0 amide bonds. The van der Waals surface area contributed by atoms with Crippen molar-refractivity contribution in [2.45, 2.75) is 36.8 Å². The second kappa shape index (κ2) is 5.66. The fourth-order valence-electron chi connectivity index (χ4n) is 2.06. The van der Waals surface area contributed by atoms with E-state index in [0.717, 1.165) is 12.8 Å².